The van der Waals surface area contributed by atoms with E-state index in [2.05, 4.69) is 15.0 Å². The molecule has 86 valence electrons. The number of hydrogen-bond acceptors (Lipinski definition) is 5. The molecule has 17 heavy (non-hydrogen) atoms. The highest BCUT2D eigenvalue weighted by atomic mass is 16.5. The Labute approximate surface area is 97.9 Å². The molecule has 0 N–H and O–H groups in total. The standard InChI is InChI=1S/C11H10N4O2/c1-17-11-7-13-10(6-14-11)15(8-16)9-3-2-4-12-5-9/h2-8H,1H3. The average Bonchev–Trinajstić information content (AvgIpc) is 2.42. The molecule has 2 rings (SSSR count). The molecular formula is C11H10N4O2. The van der Waals surface area contributed by atoms with Crippen LogP contribution in [0.1, 0.15) is 0 Å². The van der Waals surface area contributed by atoms with Crippen LogP contribution in [0.4, 0.5) is 11.5 Å². The van der Waals surface area contributed by atoms with Crippen molar-refractivity contribution >= 4 is 17.9 Å². The molecule has 0 aliphatic carbocycles. The van der Waals surface area contributed by atoms with Crippen molar-refractivity contribution in [2.24, 2.45) is 0 Å². The lowest BCUT2D eigenvalue weighted by atomic mass is 10.4. The van der Waals surface area contributed by atoms with Gasteiger partial charge in [0.2, 0.25) is 12.3 Å². The average molecular weight is 230 g/mol. The second kappa shape index (κ2) is 5.02. The fraction of sp³-hybridized carbons (Fsp3) is 0.0909. The molecule has 0 aliphatic heterocycles. The molecule has 0 spiro atoms. The maximum atomic E-state index is 11.1. The Morgan fingerprint density at radius 3 is 2.71 bits per heavy atom. The molecule has 0 aromatic carbocycles. The first kappa shape index (κ1) is 11.0. The zero-order valence-electron chi connectivity index (χ0n) is 9.15. The molecule has 0 saturated heterocycles. The smallest absolute Gasteiger partial charge is 0.232 e. The summed E-state index contributed by atoms with van der Waals surface area (Å²) in [5, 5.41) is 0. The molecule has 0 fully saturated rings. The van der Waals surface area contributed by atoms with Crippen molar-refractivity contribution in [3.05, 3.63) is 36.9 Å². The molecule has 0 saturated carbocycles. The normalized spacial score (nSPS) is 9.71. The number of nitrogens with zero attached hydrogens (tertiary/aromatic N) is 4. The lowest BCUT2D eigenvalue weighted by Gasteiger charge is -2.15. The molecule has 2 aromatic rings. The van der Waals surface area contributed by atoms with Crippen LogP contribution in [0.25, 0.3) is 0 Å². The number of rotatable bonds is 4. The zero-order valence-corrected chi connectivity index (χ0v) is 9.15. The maximum absolute atomic E-state index is 11.1. The minimum absolute atomic E-state index is 0.394. The second-order valence-electron chi connectivity index (χ2n) is 3.10. The van der Waals surface area contributed by atoms with Crippen LogP contribution in [0.15, 0.2) is 36.9 Å². The van der Waals surface area contributed by atoms with Crippen LogP contribution in [0.3, 0.4) is 0 Å². The van der Waals surface area contributed by atoms with Gasteiger partial charge >= 0.3 is 0 Å². The van der Waals surface area contributed by atoms with Gasteiger partial charge in [0.05, 0.1) is 31.4 Å². The van der Waals surface area contributed by atoms with Crippen LogP contribution >= 0.6 is 0 Å². The van der Waals surface area contributed by atoms with E-state index in [0.29, 0.717) is 23.8 Å². The van der Waals surface area contributed by atoms with Gasteiger partial charge in [0.15, 0.2) is 5.82 Å². The number of amides is 1. The van der Waals surface area contributed by atoms with Gasteiger partial charge < -0.3 is 4.74 Å². The van der Waals surface area contributed by atoms with E-state index >= 15 is 0 Å². The Balaban J connectivity index is 2.32. The first-order valence-corrected chi connectivity index (χ1v) is 4.85. The van der Waals surface area contributed by atoms with Gasteiger partial charge in [-0.1, -0.05) is 0 Å². The summed E-state index contributed by atoms with van der Waals surface area (Å²) in [5.74, 6) is 0.805. The molecule has 0 atom stereocenters. The number of pyridine rings is 1. The SMILES string of the molecule is COc1cnc(N(C=O)c2cccnc2)cn1. The predicted octanol–water partition coefficient (Wildman–Crippen LogP) is 1.17. The number of anilines is 2. The summed E-state index contributed by atoms with van der Waals surface area (Å²) >= 11 is 0. The fourth-order valence-electron chi connectivity index (χ4n) is 1.28. The van der Waals surface area contributed by atoms with Crippen molar-refractivity contribution < 1.29 is 9.53 Å². The molecule has 2 heterocycles. The summed E-state index contributed by atoms with van der Waals surface area (Å²) in [4.78, 5) is 24.4. The first-order chi connectivity index (χ1) is 8.35. The fourth-order valence-corrected chi connectivity index (χ4v) is 1.28. The molecule has 1 amide bonds. The molecule has 0 unspecified atom stereocenters. The summed E-state index contributed by atoms with van der Waals surface area (Å²) in [6.45, 7) is 0. The third-order valence-corrected chi connectivity index (χ3v) is 2.10. The van der Waals surface area contributed by atoms with Gasteiger partial charge in [0.25, 0.3) is 0 Å². The van der Waals surface area contributed by atoms with Gasteiger partial charge in [0.1, 0.15) is 0 Å². The topological polar surface area (TPSA) is 68.2 Å². The largest absolute Gasteiger partial charge is 0.480 e. The number of ether oxygens (including phenoxy) is 1. The summed E-state index contributed by atoms with van der Waals surface area (Å²) in [5.41, 5.74) is 0.627. The number of carbonyl (C=O) groups excluding carboxylic acids is 1. The van der Waals surface area contributed by atoms with E-state index in [1.165, 1.54) is 24.4 Å². The van der Waals surface area contributed by atoms with E-state index < -0.39 is 0 Å². The van der Waals surface area contributed by atoms with E-state index in [1.54, 1.807) is 24.5 Å². The summed E-state index contributed by atoms with van der Waals surface area (Å²) in [6, 6.07) is 3.50. The molecule has 6 heteroatoms. The number of methoxy groups -OCH3 is 1. The van der Waals surface area contributed by atoms with Gasteiger partial charge in [-0.2, -0.15) is 0 Å². The molecule has 2 aromatic heterocycles. The van der Waals surface area contributed by atoms with Crippen molar-refractivity contribution in [1.29, 1.82) is 0 Å². The highest BCUT2D eigenvalue weighted by Crippen LogP contribution is 2.20. The van der Waals surface area contributed by atoms with Crippen LogP contribution in [0.2, 0.25) is 0 Å². The van der Waals surface area contributed by atoms with Crippen molar-refractivity contribution in [3.63, 3.8) is 0 Å². The van der Waals surface area contributed by atoms with Crippen LogP contribution < -0.4 is 9.64 Å². The number of carbonyl (C=O) groups is 1. The third-order valence-electron chi connectivity index (χ3n) is 2.10. The highest BCUT2D eigenvalue weighted by Gasteiger charge is 2.09. The van der Waals surface area contributed by atoms with Crippen LogP contribution in [0.5, 0.6) is 5.88 Å². The number of aromatic nitrogens is 3. The molecule has 0 bridgehead atoms. The Hall–Kier alpha value is -2.50. The van der Waals surface area contributed by atoms with E-state index in [4.69, 9.17) is 4.74 Å². The van der Waals surface area contributed by atoms with Crippen molar-refractivity contribution in [1.82, 2.24) is 15.0 Å². The zero-order chi connectivity index (χ0) is 12.1. The minimum atomic E-state index is 0.394. The highest BCUT2D eigenvalue weighted by molar-refractivity contribution is 5.84. The molecule has 0 aliphatic rings. The van der Waals surface area contributed by atoms with Crippen LogP contribution in [0, 0.1) is 0 Å². The molecular weight excluding hydrogens is 220 g/mol. The lowest BCUT2D eigenvalue weighted by Crippen LogP contribution is -2.15. The van der Waals surface area contributed by atoms with E-state index in [0.717, 1.165) is 0 Å². The summed E-state index contributed by atoms with van der Waals surface area (Å²) in [7, 11) is 1.50. The van der Waals surface area contributed by atoms with Crippen LogP contribution in [-0.4, -0.2) is 28.5 Å². The minimum Gasteiger partial charge on any atom is -0.480 e. The maximum Gasteiger partial charge on any atom is 0.232 e. The second-order valence-corrected chi connectivity index (χ2v) is 3.10. The van der Waals surface area contributed by atoms with Crippen LogP contribution in [-0.2, 0) is 4.79 Å². The monoisotopic (exact) mass is 230 g/mol. The Morgan fingerprint density at radius 1 is 1.29 bits per heavy atom. The predicted molar refractivity (Wildman–Crippen MR) is 61.0 cm³/mol. The molecule has 0 radical (unpaired) electrons. The lowest BCUT2D eigenvalue weighted by molar-refractivity contribution is -0.106. The molecule has 6 nitrogen and oxygen atoms in total. The quantitative estimate of drug-likeness (QED) is 0.737. The number of hydrogen-bond donors (Lipinski definition) is 0. The summed E-state index contributed by atoms with van der Waals surface area (Å²) < 4.78 is 4.90. The van der Waals surface area contributed by atoms with Crippen molar-refractivity contribution in [2.45, 2.75) is 0 Å². The van der Waals surface area contributed by atoms with Gasteiger partial charge in [-0.05, 0) is 12.1 Å². The van der Waals surface area contributed by atoms with Crippen molar-refractivity contribution in [2.75, 3.05) is 12.0 Å². The van der Waals surface area contributed by atoms with Gasteiger partial charge in [-0.25, -0.2) is 9.97 Å². The van der Waals surface area contributed by atoms with Gasteiger partial charge in [0, 0.05) is 6.20 Å². The Bertz CT molecular complexity index is 487. The van der Waals surface area contributed by atoms with Gasteiger partial charge in [-0.15, -0.1) is 0 Å². The Morgan fingerprint density at radius 2 is 2.18 bits per heavy atom. The van der Waals surface area contributed by atoms with E-state index in [9.17, 15) is 4.79 Å². The first-order valence-electron chi connectivity index (χ1n) is 4.85. The third kappa shape index (κ3) is 2.36. The van der Waals surface area contributed by atoms with Crippen molar-refractivity contribution in [3.8, 4) is 5.88 Å². The van der Waals surface area contributed by atoms with E-state index in [1.807, 2.05) is 0 Å². The van der Waals surface area contributed by atoms with Gasteiger partial charge in [-0.3, -0.25) is 14.7 Å². The van der Waals surface area contributed by atoms with E-state index in [-0.39, 0.29) is 0 Å². The Kier molecular flexibility index (Phi) is 3.25. The summed E-state index contributed by atoms with van der Waals surface area (Å²) in [6.07, 6.45) is 6.77.